The average molecular weight is 251 g/mol. The summed E-state index contributed by atoms with van der Waals surface area (Å²) in [6.07, 6.45) is 1.12. The summed E-state index contributed by atoms with van der Waals surface area (Å²) in [5, 5.41) is 15.6. The molecular formula is C13H17NO4. The zero-order valence-corrected chi connectivity index (χ0v) is 10.1. The standard InChI is InChI=1S/C9H13N.C4H4O4/c1-8(7-10)9-5-3-2-4-6-9;5-3(6)1-2-4(7)8/h2-6,8H,7,10H2,1H3;1-2H,(H,5,6)(H,7,8)/t8-;/m0./s1. The van der Waals surface area contributed by atoms with Gasteiger partial charge in [0, 0.05) is 12.2 Å². The van der Waals surface area contributed by atoms with Gasteiger partial charge in [-0.25, -0.2) is 9.59 Å². The fraction of sp³-hybridized carbons (Fsp3) is 0.231. The molecule has 0 radical (unpaired) electrons. The van der Waals surface area contributed by atoms with E-state index in [-0.39, 0.29) is 0 Å². The van der Waals surface area contributed by atoms with Gasteiger partial charge in [-0.3, -0.25) is 0 Å². The second-order valence-electron chi connectivity index (χ2n) is 3.56. The van der Waals surface area contributed by atoms with E-state index in [1.807, 2.05) is 18.2 Å². The van der Waals surface area contributed by atoms with Crippen molar-refractivity contribution in [3.63, 3.8) is 0 Å². The van der Waals surface area contributed by atoms with Crippen LogP contribution in [0.5, 0.6) is 0 Å². The van der Waals surface area contributed by atoms with Crippen molar-refractivity contribution in [2.75, 3.05) is 6.54 Å². The highest BCUT2D eigenvalue weighted by Crippen LogP contribution is 2.11. The van der Waals surface area contributed by atoms with Crippen LogP contribution < -0.4 is 5.73 Å². The Morgan fingerprint density at radius 2 is 1.61 bits per heavy atom. The summed E-state index contributed by atoms with van der Waals surface area (Å²) >= 11 is 0. The number of hydrogen-bond donors (Lipinski definition) is 3. The second-order valence-corrected chi connectivity index (χ2v) is 3.56. The zero-order valence-electron chi connectivity index (χ0n) is 10.1. The van der Waals surface area contributed by atoms with Crippen LogP contribution in [-0.2, 0) is 9.59 Å². The van der Waals surface area contributed by atoms with E-state index < -0.39 is 11.9 Å². The van der Waals surface area contributed by atoms with Gasteiger partial charge in [-0.15, -0.1) is 0 Å². The Balaban J connectivity index is 0.000000331. The van der Waals surface area contributed by atoms with E-state index in [9.17, 15) is 9.59 Å². The molecule has 0 heterocycles. The van der Waals surface area contributed by atoms with Gasteiger partial charge in [0.2, 0.25) is 0 Å². The lowest BCUT2D eigenvalue weighted by atomic mass is 10.0. The Morgan fingerprint density at radius 1 is 1.17 bits per heavy atom. The molecule has 0 spiro atoms. The molecular weight excluding hydrogens is 234 g/mol. The molecule has 0 fully saturated rings. The largest absolute Gasteiger partial charge is 0.478 e. The fourth-order valence-corrected chi connectivity index (χ4v) is 1.06. The lowest BCUT2D eigenvalue weighted by molar-refractivity contribution is -0.134. The summed E-state index contributed by atoms with van der Waals surface area (Å²) in [4.78, 5) is 19.1. The maximum Gasteiger partial charge on any atom is 0.328 e. The third kappa shape index (κ3) is 8.06. The summed E-state index contributed by atoms with van der Waals surface area (Å²) in [5.41, 5.74) is 6.83. The van der Waals surface area contributed by atoms with Gasteiger partial charge in [-0.2, -0.15) is 0 Å². The summed E-state index contributed by atoms with van der Waals surface area (Å²) in [6.45, 7) is 2.86. The molecule has 0 unspecified atom stereocenters. The van der Waals surface area contributed by atoms with Crippen molar-refractivity contribution in [2.24, 2.45) is 5.73 Å². The highest BCUT2D eigenvalue weighted by atomic mass is 16.4. The number of carboxylic acid groups (broad SMARTS) is 2. The normalized spacial score (nSPS) is 11.4. The quantitative estimate of drug-likeness (QED) is 0.703. The Kier molecular flexibility index (Phi) is 7.89. The first-order chi connectivity index (χ1) is 8.47. The Morgan fingerprint density at radius 3 is 1.94 bits per heavy atom. The van der Waals surface area contributed by atoms with Gasteiger partial charge in [0.1, 0.15) is 0 Å². The molecule has 0 aromatic heterocycles. The van der Waals surface area contributed by atoms with Crippen LogP contribution in [0.2, 0.25) is 0 Å². The maximum absolute atomic E-state index is 9.55. The van der Waals surface area contributed by atoms with Gasteiger partial charge >= 0.3 is 11.9 Å². The van der Waals surface area contributed by atoms with Crippen LogP contribution in [0.1, 0.15) is 18.4 Å². The second kappa shape index (κ2) is 8.95. The minimum Gasteiger partial charge on any atom is -0.478 e. The number of rotatable bonds is 4. The van der Waals surface area contributed by atoms with Gasteiger partial charge in [0.25, 0.3) is 0 Å². The van der Waals surface area contributed by atoms with Gasteiger partial charge in [0.15, 0.2) is 0 Å². The Bertz CT molecular complexity index is 385. The molecule has 0 aliphatic heterocycles. The lowest BCUT2D eigenvalue weighted by Gasteiger charge is -2.06. The van der Waals surface area contributed by atoms with Crippen LogP contribution in [-0.4, -0.2) is 28.7 Å². The predicted molar refractivity (Wildman–Crippen MR) is 68.3 cm³/mol. The minimum absolute atomic E-state index is 0.487. The molecule has 5 nitrogen and oxygen atoms in total. The van der Waals surface area contributed by atoms with Crippen molar-refractivity contribution < 1.29 is 19.8 Å². The van der Waals surface area contributed by atoms with E-state index >= 15 is 0 Å². The van der Waals surface area contributed by atoms with Crippen LogP contribution in [0.25, 0.3) is 0 Å². The number of benzene rings is 1. The molecule has 0 saturated carbocycles. The first-order valence-corrected chi connectivity index (χ1v) is 5.36. The van der Waals surface area contributed by atoms with Crippen molar-refractivity contribution in [3.8, 4) is 0 Å². The summed E-state index contributed by atoms with van der Waals surface area (Å²) in [7, 11) is 0. The molecule has 1 rings (SSSR count). The first-order valence-electron chi connectivity index (χ1n) is 5.36. The fourth-order valence-electron chi connectivity index (χ4n) is 1.06. The van der Waals surface area contributed by atoms with E-state index in [0.29, 0.717) is 18.1 Å². The van der Waals surface area contributed by atoms with Gasteiger partial charge in [-0.1, -0.05) is 37.3 Å². The topological polar surface area (TPSA) is 101 Å². The van der Waals surface area contributed by atoms with E-state index in [0.717, 1.165) is 6.54 Å². The molecule has 1 aromatic carbocycles. The molecule has 1 atom stereocenters. The molecule has 5 heteroatoms. The van der Waals surface area contributed by atoms with Crippen LogP contribution in [0, 0.1) is 0 Å². The van der Waals surface area contributed by atoms with Gasteiger partial charge < -0.3 is 15.9 Å². The summed E-state index contributed by atoms with van der Waals surface area (Å²) in [6, 6.07) is 10.3. The molecule has 98 valence electrons. The number of carbonyl (C=O) groups is 2. The van der Waals surface area contributed by atoms with E-state index in [4.69, 9.17) is 15.9 Å². The lowest BCUT2D eigenvalue weighted by Crippen LogP contribution is -2.08. The van der Waals surface area contributed by atoms with Gasteiger partial charge in [-0.05, 0) is 18.0 Å². The molecule has 0 bridgehead atoms. The molecule has 0 amide bonds. The minimum atomic E-state index is -1.26. The molecule has 18 heavy (non-hydrogen) atoms. The van der Waals surface area contributed by atoms with Gasteiger partial charge in [0.05, 0.1) is 0 Å². The third-order valence-corrected chi connectivity index (χ3v) is 2.09. The number of hydrogen-bond acceptors (Lipinski definition) is 3. The van der Waals surface area contributed by atoms with Crippen LogP contribution in [0.3, 0.4) is 0 Å². The first kappa shape index (κ1) is 15.9. The van der Waals surface area contributed by atoms with Crippen molar-refractivity contribution in [1.29, 1.82) is 0 Å². The highest BCUT2D eigenvalue weighted by molar-refractivity contribution is 5.89. The van der Waals surface area contributed by atoms with E-state index in [2.05, 4.69) is 19.1 Å². The van der Waals surface area contributed by atoms with Crippen LogP contribution in [0.4, 0.5) is 0 Å². The molecule has 1 aromatic rings. The Hall–Kier alpha value is -2.14. The smallest absolute Gasteiger partial charge is 0.328 e. The average Bonchev–Trinajstić information content (AvgIpc) is 2.37. The molecule has 0 aliphatic rings. The predicted octanol–water partition coefficient (Wildman–Crippen LogP) is 1.46. The van der Waals surface area contributed by atoms with Crippen molar-refractivity contribution >= 4 is 11.9 Å². The van der Waals surface area contributed by atoms with E-state index in [1.54, 1.807) is 0 Å². The SMILES string of the molecule is C[C@@H](CN)c1ccccc1.O=C(O)C=CC(=O)O. The van der Waals surface area contributed by atoms with Crippen LogP contribution in [0.15, 0.2) is 42.5 Å². The van der Waals surface area contributed by atoms with Crippen molar-refractivity contribution in [2.45, 2.75) is 12.8 Å². The number of aliphatic carboxylic acids is 2. The third-order valence-electron chi connectivity index (χ3n) is 2.09. The number of carboxylic acids is 2. The van der Waals surface area contributed by atoms with E-state index in [1.165, 1.54) is 5.56 Å². The molecule has 0 saturated heterocycles. The zero-order chi connectivity index (χ0) is 14.0. The van der Waals surface area contributed by atoms with Crippen LogP contribution >= 0.6 is 0 Å². The van der Waals surface area contributed by atoms with Crippen molar-refractivity contribution in [1.82, 2.24) is 0 Å². The number of nitrogens with two attached hydrogens (primary N) is 1. The molecule has 4 N–H and O–H groups in total. The molecule has 0 aliphatic carbocycles. The van der Waals surface area contributed by atoms with Crippen molar-refractivity contribution in [3.05, 3.63) is 48.0 Å². The highest BCUT2D eigenvalue weighted by Gasteiger charge is 1.99. The summed E-state index contributed by atoms with van der Waals surface area (Å²) < 4.78 is 0. The Labute approximate surface area is 106 Å². The maximum atomic E-state index is 9.55. The summed E-state index contributed by atoms with van der Waals surface area (Å²) in [5.74, 6) is -2.03. The monoisotopic (exact) mass is 251 g/mol.